The molecule has 2 fully saturated rings. The summed E-state index contributed by atoms with van der Waals surface area (Å²) in [7, 11) is 0. The minimum absolute atomic E-state index is 0.0400. The van der Waals surface area contributed by atoms with Gasteiger partial charge < -0.3 is 10.1 Å². The van der Waals surface area contributed by atoms with Gasteiger partial charge in [0.05, 0.1) is 12.0 Å². The summed E-state index contributed by atoms with van der Waals surface area (Å²) in [5.74, 6) is 0.0400. The molecule has 0 unspecified atom stereocenters. The Morgan fingerprint density at radius 3 is 2.64 bits per heavy atom. The van der Waals surface area contributed by atoms with Crippen LogP contribution in [0.3, 0.4) is 0 Å². The smallest absolute Gasteiger partial charge is 0.414 e. The summed E-state index contributed by atoms with van der Waals surface area (Å²) in [5, 5.41) is 3.77. The average molecular weight is 399 g/mol. The predicted octanol–water partition coefficient (Wildman–Crippen LogP) is 4.42. The molecule has 1 aliphatic carbocycles. The van der Waals surface area contributed by atoms with Gasteiger partial charge in [0, 0.05) is 17.3 Å². The number of hydrogen-bond donors (Lipinski definition) is 1. The third-order valence-electron chi connectivity index (χ3n) is 5.71. The lowest BCUT2D eigenvalue weighted by atomic mass is 9.78. The van der Waals surface area contributed by atoms with E-state index in [0.29, 0.717) is 24.7 Å². The fourth-order valence-corrected chi connectivity index (χ4v) is 4.42. The van der Waals surface area contributed by atoms with E-state index in [0.717, 1.165) is 42.5 Å². The fraction of sp³-hybridized carbons (Fsp3) is 0.364. The number of benzene rings is 2. The van der Waals surface area contributed by atoms with Crippen molar-refractivity contribution in [3.05, 3.63) is 64.7 Å². The van der Waals surface area contributed by atoms with Gasteiger partial charge in [0.2, 0.25) is 5.91 Å². The molecule has 2 aromatic carbocycles. The minimum atomic E-state index is -0.513. The molecule has 2 amide bonds. The zero-order valence-electron chi connectivity index (χ0n) is 15.6. The Hall–Kier alpha value is -2.53. The van der Waals surface area contributed by atoms with Crippen LogP contribution in [-0.4, -0.2) is 25.2 Å². The minimum Gasteiger partial charge on any atom is -0.447 e. The summed E-state index contributed by atoms with van der Waals surface area (Å²) in [5.41, 5.74) is 2.22. The number of ether oxygens (including phenoxy) is 1. The van der Waals surface area contributed by atoms with Crippen molar-refractivity contribution in [1.29, 1.82) is 0 Å². The van der Waals surface area contributed by atoms with E-state index >= 15 is 0 Å². The van der Waals surface area contributed by atoms with Crippen LogP contribution in [0.1, 0.15) is 36.8 Å². The van der Waals surface area contributed by atoms with Crippen LogP contribution in [0.15, 0.2) is 48.5 Å². The molecule has 0 radical (unpaired) electrons. The van der Waals surface area contributed by atoms with Crippen LogP contribution in [0.4, 0.5) is 10.5 Å². The maximum Gasteiger partial charge on any atom is 0.414 e. The van der Waals surface area contributed by atoms with Crippen LogP contribution in [0.5, 0.6) is 0 Å². The number of hydrogen-bond acceptors (Lipinski definition) is 3. The highest BCUT2D eigenvalue weighted by Gasteiger charge is 2.42. The highest BCUT2D eigenvalue weighted by molar-refractivity contribution is 6.30. The van der Waals surface area contributed by atoms with Gasteiger partial charge in [-0.3, -0.25) is 9.69 Å². The standard InChI is InChI=1S/C22H23ClN2O3/c23-18-7-4-6-17(14-18)22(9-1-2-10-22)20(26)24-15-16-5-3-8-19(13-16)25-11-12-28-21(25)27/h3-8,13-14H,1-2,9-12,15H2,(H,24,26). The summed E-state index contributed by atoms with van der Waals surface area (Å²) in [6, 6.07) is 15.3. The van der Waals surface area contributed by atoms with Gasteiger partial charge in [0.25, 0.3) is 0 Å². The molecule has 1 N–H and O–H groups in total. The van der Waals surface area contributed by atoms with Gasteiger partial charge in [-0.05, 0) is 48.2 Å². The van der Waals surface area contributed by atoms with Crippen LogP contribution in [0.2, 0.25) is 5.02 Å². The zero-order chi connectivity index (χ0) is 19.6. The van der Waals surface area contributed by atoms with Crippen molar-refractivity contribution in [3.63, 3.8) is 0 Å². The Morgan fingerprint density at radius 2 is 1.93 bits per heavy atom. The van der Waals surface area contributed by atoms with Crippen LogP contribution in [-0.2, 0) is 21.5 Å². The van der Waals surface area contributed by atoms with E-state index in [2.05, 4.69) is 5.32 Å². The lowest BCUT2D eigenvalue weighted by Gasteiger charge is -2.28. The number of carbonyl (C=O) groups is 2. The molecule has 4 rings (SSSR count). The molecule has 146 valence electrons. The molecule has 0 bridgehead atoms. The Morgan fingerprint density at radius 1 is 1.14 bits per heavy atom. The van der Waals surface area contributed by atoms with Crippen LogP contribution in [0.25, 0.3) is 0 Å². The summed E-state index contributed by atoms with van der Waals surface area (Å²) in [6.45, 7) is 1.37. The van der Waals surface area contributed by atoms with Gasteiger partial charge in [0.1, 0.15) is 6.61 Å². The maximum absolute atomic E-state index is 13.2. The summed E-state index contributed by atoms with van der Waals surface area (Å²) < 4.78 is 5.00. The quantitative estimate of drug-likeness (QED) is 0.810. The third kappa shape index (κ3) is 3.59. The van der Waals surface area contributed by atoms with Crippen LogP contribution >= 0.6 is 11.6 Å². The number of rotatable bonds is 5. The van der Waals surface area contributed by atoms with Gasteiger partial charge in [0.15, 0.2) is 0 Å². The van der Waals surface area contributed by atoms with E-state index in [1.807, 2.05) is 48.5 Å². The van der Waals surface area contributed by atoms with E-state index in [1.165, 1.54) is 0 Å². The maximum atomic E-state index is 13.2. The lowest BCUT2D eigenvalue weighted by Crippen LogP contribution is -2.42. The number of amides is 2. The molecule has 28 heavy (non-hydrogen) atoms. The number of cyclic esters (lactones) is 1. The normalized spacial score (nSPS) is 18.2. The molecule has 2 aromatic rings. The first-order valence-corrected chi connectivity index (χ1v) is 10.0. The van der Waals surface area contributed by atoms with Crippen molar-refractivity contribution in [2.24, 2.45) is 0 Å². The van der Waals surface area contributed by atoms with Crippen molar-refractivity contribution in [2.45, 2.75) is 37.6 Å². The van der Waals surface area contributed by atoms with E-state index < -0.39 is 5.41 Å². The van der Waals surface area contributed by atoms with Gasteiger partial charge in [-0.2, -0.15) is 0 Å². The topological polar surface area (TPSA) is 58.6 Å². The zero-order valence-corrected chi connectivity index (χ0v) is 16.4. The Labute approximate surface area is 169 Å². The number of halogens is 1. The number of carbonyl (C=O) groups excluding carboxylic acids is 2. The molecular formula is C22H23ClN2O3. The van der Waals surface area contributed by atoms with Crippen molar-refractivity contribution in [3.8, 4) is 0 Å². The number of nitrogens with zero attached hydrogens (tertiary/aromatic N) is 1. The summed E-state index contributed by atoms with van der Waals surface area (Å²) in [6.07, 6.45) is 3.41. The monoisotopic (exact) mass is 398 g/mol. The van der Waals surface area contributed by atoms with E-state index in [9.17, 15) is 9.59 Å². The van der Waals surface area contributed by atoms with Crippen molar-refractivity contribution in [1.82, 2.24) is 5.32 Å². The molecule has 1 saturated heterocycles. The second-order valence-corrected chi connectivity index (χ2v) is 7.85. The molecule has 2 aliphatic rings. The first kappa shape index (κ1) is 18.8. The van der Waals surface area contributed by atoms with E-state index in [1.54, 1.807) is 4.90 Å². The Kier molecular flexibility index (Phi) is 5.27. The largest absolute Gasteiger partial charge is 0.447 e. The van der Waals surface area contributed by atoms with E-state index in [4.69, 9.17) is 16.3 Å². The third-order valence-corrected chi connectivity index (χ3v) is 5.94. The van der Waals surface area contributed by atoms with Crippen LogP contribution < -0.4 is 10.2 Å². The SMILES string of the molecule is O=C1OCCN1c1cccc(CNC(=O)C2(c3cccc(Cl)c3)CCCC2)c1. The molecular weight excluding hydrogens is 376 g/mol. The highest BCUT2D eigenvalue weighted by Crippen LogP contribution is 2.42. The van der Waals surface area contributed by atoms with Gasteiger partial charge in [-0.1, -0.05) is 48.7 Å². The molecule has 0 spiro atoms. The van der Waals surface area contributed by atoms with E-state index in [-0.39, 0.29) is 12.0 Å². The molecule has 6 heteroatoms. The van der Waals surface area contributed by atoms with Crippen molar-refractivity contribution >= 4 is 29.3 Å². The highest BCUT2D eigenvalue weighted by atomic mass is 35.5. The average Bonchev–Trinajstić information content (AvgIpc) is 3.36. The van der Waals surface area contributed by atoms with Crippen LogP contribution in [0, 0.1) is 0 Å². The second kappa shape index (κ2) is 7.84. The molecule has 0 aromatic heterocycles. The number of anilines is 1. The molecule has 1 saturated carbocycles. The molecule has 5 nitrogen and oxygen atoms in total. The first-order chi connectivity index (χ1) is 13.6. The van der Waals surface area contributed by atoms with Crippen molar-refractivity contribution in [2.75, 3.05) is 18.1 Å². The first-order valence-electron chi connectivity index (χ1n) is 9.66. The molecule has 1 aliphatic heterocycles. The summed E-state index contributed by atoms with van der Waals surface area (Å²) >= 11 is 6.18. The van der Waals surface area contributed by atoms with Gasteiger partial charge in [-0.15, -0.1) is 0 Å². The number of nitrogens with one attached hydrogen (secondary N) is 1. The van der Waals surface area contributed by atoms with Crippen molar-refractivity contribution < 1.29 is 14.3 Å². The summed E-state index contributed by atoms with van der Waals surface area (Å²) in [4.78, 5) is 26.6. The Bertz CT molecular complexity index is 893. The van der Waals surface area contributed by atoms with Gasteiger partial charge >= 0.3 is 6.09 Å². The lowest BCUT2D eigenvalue weighted by molar-refractivity contribution is -0.126. The Balaban J connectivity index is 1.49. The second-order valence-electron chi connectivity index (χ2n) is 7.42. The van der Waals surface area contributed by atoms with Gasteiger partial charge in [-0.25, -0.2) is 4.79 Å². The predicted molar refractivity (Wildman–Crippen MR) is 109 cm³/mol. The molecule has 0 atom stereocenters. The fourth-order valence-electron chi connectivity index (χ4n) is 4.23. The molecule has 1 heterocycles.